The van der Waals surface area contributed by atoms with E-state index < -0.39 is 0 Å². The smallest absolute Gasteiger partial charge is 0.160 e. The SMILES string of the molecule is COc1ccc(CCNCc2ccc(C(C)(C)C)cc2)cc1OC. The molecule has 2 aromatic carbocycles. The lowest BCUT2D eigenvalue weighted by Crippen LogP contribution is -2.17. The van der Waals surface area contributed by atoms with Crippen LogP contribution in [0, 0.1) is 0 Å². The van der Waals surface area contributed by atoms with Gasteiger partial charge in [-0.05, 0) is 47.2 Å². The molecule has 0 saturated carbocycles. The van der Waals surface area contributed by atoms with Crippen LogP contribution in [0.5, 0.6) is 11.5 Å². The Morgan fingerprint density at radius 3 is 2.04 bits per heavy atom. The molecule has 0 radical (unpaired) electrons. The van der Waals surface area contributed by atoms with E-state index in [1.54, 1.807) is 14.2 Å². The van der Waals surface area contributed by atoms with E-state index in [0.29, 0.717) is 0 Å². The van der Waals surface area contributed by atoms with Gasteiger partial charge in [0.15, 0.2) is 11.5 Å². The fourth-order valence-corrected chi connectivity index (χ4v) is 2.62. The molecule has 1 N–H and O–H groups in total. The minimum atomic E-state index is 0.208. The summed E-state index contributed by atoms with van der Waals surface area (Å²) >= 11 is 0. The molecule has 24 heavy (non-hydrogen) atoms. The minimum Gasteiger partial charge on any atom is -0.493 e. The summed E-state index contributed by atoms with van der Waals surface area (Å²) in [6.45, 7) is 8.53. The Kier molecular flexibility index (Phi) is 6.27. The van der Waals surface area contributed by atoms with Crippen LogP contribution in [0.3, 0.4) is 0 Å². The van der Waals surface area contributed by atoms with Crippen molar-refractivity contribution in [1.29, 1.82) is 0 Å². The van der Waals surface area contributed by atoms with Crippen LogP contribution in [0.1, 0.15) is 37.5 Å². The van der Waals surface area contributed by atoms with Crippen molar-refractivity contribution in [3.05, 3.63) is 59.2 Å². The molecule has 0 spiro atoms. The normalized spacial score (nSPS) is 11.4. The van der Waals surface area contributed by atoms with E-state index in [1.165, 1.54) is 16.7 Å². The van der Waals surface area contributed by atoms with Gasteiger partial charge < -0.3 is 14.8 Å². The highest BCUT2D eigenvalue weighted by atomic mass is 16.5. The predicted octanol–water partition coefficient (Wildman–Crippen LogP) is 4.33. The summed E-state index contributed by atoms with van der Waals surface area (Å²) in [5.41, 5.74) is 4.13. The van der Waals surface area contributed by atoms with Crippen molar-refractivity contribution in [2.24, 2.45) is 0 Å². The third-order valence-electron chi connectivity index (χ3n) is 4.19. The van der Waals surface area contributed by atoms with Crippen molar-refractivity contribution in [2.75, 3.05) is 20.8 Å². The number of hydrogen-bond acceptors (Lipinski definition) is 3. The molecule has 0 aliphatic rings. The van der Waals surface area contributed by atoms with Crippen LogP contribution in [0.25, 0.3) is 0 Å². The van der Waals surface area contributed by atoms with Gasteiger partial charge in [0, 0.05) is 6.54 Å². The summed E-state index contributed by atoms with van der Waals surface area (Å²) in [6, 6.07) is 15.0. The third kappa shape index (κ3) is 5.00. The minimum absolute atomic E-state index is 0.208. The monoisotopic (exact) mass is 327 g/mol. The second-order valence-electron chi connectivity index (χ2n) is 7.06. The maximum atomic E-state index is 5.35. The van der Waals surface area contributed by atoms with E-state index in [0.717, 1.165) is 31.0 Å². The maximum absolute atomic E-state index is 5.35. The quantitative estimate of drug-likeness (QED) is 0.768. The van der Waals surface area contributed by atoms with Gasteiger partial charge in [0.05, 0.1) is 14.2 Å². The second kappa shape index (κ2) is 8.20. The Balaban J connectivity index is 1.83. The summed E-state index contributed by atoms with van der Waals surface area (Å²) in [6.07, 6.45) is 0.959. The zero-order valence-corrected chi connectivity index (χ0v) is 15.5. The lowest BCUT2D eigenvalue weighted by Gasteiger charge is -2.19. The molecule has 0 aliphatic heterocycles. The molecular weight excluding hydrogens is 298 g/mol. The van der Waals surface area contributed by atoms with Crippen molar-refractivity contribution in [1.82, 2.24) is 5.32 Å². The topological polar surface area (TPSA) is 30.5 Å². The average Bonchev–Trinajstić information content (AvgIpc) is 2.58. The Hall–Kier alpha value is -2.00. The Bertz CT molecular complexity index is 642. The molecule has 0 atom stereocenters. The number of methoxy groups -OCH3 is 2. The predicted molar refractivity (Wildman–Crippen MR) is 100 cm³/mol. The van der Waals surface area contributed by atoms with Crippen molar-refractivity contribution in [3.8, 4) is 11.5 Å². The fraction of sp³-hybridized carbons (Fsp3) is 0.429. The summed E-state index contributed by atoms with van der Waals surface area (Å²) in [7, 11) is 3.32. The molecule has 0 aromatic heterocycles. The molecule has 2 aromatic rings. The second-order valence-corrected chi connectivity index (χ2v) is 7.06. The average molecular weight is 327 g/mol. The maximum Gasteiger partial charge on any atom is 0.160 e. The molecule has 0 fully saturated rings. The number of rotatable bonds is 7. The summed E-state index contributed by atoms with van der Waals surface area (Å²) in [5.74, 6) is 1.56. The number of hydrogen-bond donors (Lipinski definition) is 1. The molecule has 0 amide bonds. The van der Waals surface area contributed by atoms with E-state index >= 15 is 0 Å². The highest BCUT2D eigenvalue weighted by molar-refractivity contribution is 5.43. The van der Waals surface area contributed by atoms with Gasteiger partial charge in [-0.3, -0.25) is 0 Å². The van der Waals surface area contributed by atoms with Crippen LogP contribution < -0.4 is 14.8 Å². The van der Waals surface area contributed by atoms with Crippen LogP contribution in [0.2, 0.25) is 0 Å². The number of ether oxygens (including phenoxy) is 2. The first-order valence-corrected chi connectivity index (χ1v) is 8.45. The van der Waals surface area contributed by atoms with Gasteiger partial charge in [-0.1, -0.05) is 51.1 Å². The van der Waals surface area contributed by atoms with Crippen molar-refractivity contribution < 1.29 is 9.47 Å². The summed E-state index contributed by atoms with van der Waals surface area (Å²) in [5, 5.41) is 3.50. The van der Waals surface area contributed by atoms with Gasteiger partial charge in [-0.2, -0.15) is 0 Å². The third-order valence-corrected chi connectivity index (χ3v) is 4.19. The van der Waals surface area contributed by atoms with Gasteiger partial charge >= 0.3 is 0 Å². The molecular formula is C21H29NO2. The van der Waals surface area contributed by atoms with E-state index in [2.05, 4.69) is 56.4 Å². The standard InChI is InChI=1S/C21H29NO2/c1-21(2,3)18-9-6-17(7-10-18)15-22-13-12-16-8-11-19(23-4)20(14-16)24-5/h6-11,14,22H,12-13,15H2,1-5H3. The molecule has 0 bridgehead atoms. The fourth-order valence-electron chi connectivity index (χ4n) is 2.62. The van der Waals surface area contributed by atoms with Crippen LogP contribution in [0.4, 0.5) is 0 Å². The van der Waals surface area contributed by atoms with Gasteiger partial charge in [0.1, 0.15) is 0 Å². The Labute approximate surface area is 146 Å². The molecule has 3 nitrogen and oxygen atoms in total. The van der Waals surface area contributed by atoms with Crippen molar-refractivity contribution in [3.63, 3.8) is 0 Å². The van der Waals surface area contributed by atoms with E-state index in [-0.39, 0.29) is 5.41 Å². The summed E-state index contributed by atoms with van der Waals surface area (Å²) in [4.78, 5) is 0. The Morgan fingerprint density at radius 1 is 0.833 bits per heavy atom. The highest BCUT2D eigenvalue weighted by Gasteiger charge is 2.12. The van der Waals surface area contributed by atoms with E-state index in [9.17, 15) is 0 Å². The zero-order valence-electron chi connectivity index (χ0n) is 15.5. The molecule has 0 heterocycles. The van der Waals surface area contributed by atoms with E-state index in [1.807, 2.05) is 12.1 Å². The Morgan fingerprint density at radius 2 is 1.46 bits per heavy atom. The number of nitrogens with one attached hydrogen (secondary N) is 1. The lowest BCUT2D eigenvalue weighted by atomic mass is 9.87. The van der Waals surface area contributed by atoms with Crippen LogP contribution in [-0.2, 0) is 18.4 Å². The van der Waals surface area contributed by atoms with Crippen LogP contribution >= 0.6 is 0 Å². The first-order chi connectivity index (χ1) is 11.4. The van der Waals surface area contributed by atoms with Gasteiger partial charge in [0.2, 0.25) is 0 Å². The zero-order chi connectivity index (χ0) is 17.6. The van der Waals surface area contributed by atoms with Gasteiger partial charge in [0.25, 0.3) is 0 Å². The van der Waals surface area contributed by atoms with Crippen LogP contribution in [-0.4, -0.2) is 20.8 Å². The largest absolute Gasteiger partial charge is 0.493 e. The van der Waals surface area contributed by atoms with Gasteiger partial charge in [-0.15, -0.1) is 0 Å². The van der Waals surface area contributed by atoms with Crippen molar-refractivity contribution in [2.45, 2.75) is 39.2 Å². The molecule has 0 saturated heterocycles. The molecule has 2 rings (SSSR count). The number of benzene rings is 2. The molecule has 0 unspecified atom stereocenters. The first kappa shape index (κ1) is 18.3. The van der Waals surface area contributed by atoms with E-state index in [4.69, 9.17) is 9.47 Å². The molecule has 3 heteroatoms. The van der Waals surface area contributed by atoms with Gasteiger partial charge in [-0.25, -0.2) is 0 Å². The lowest BCUT2D eigenvalue weighted by molar-refractivity contribution is 0.354. The molecule has 0 aliphatic carbocycles. The van der Waals surface area contributed by atoms with Crippen molar-refractivity contribution >= 4 is 0 Å². The summed E-state index contributed by atoms with van der Waals surface area (Å²) < 4.78 is 10.6. The van der Waals surface area contributed by atoms with Crippen LogP contribution in [0.15, 0.2) is 42.5 Å². The highest BCUT2D eigenvalue weighted by Crippen LogP contribution is 2.27. The molecule has 130 valence electrons. The first-order valence-electron chi connectivity index (χ1n) is 8.45.